The van der Waals surface area contributed by atoms with Crippen LogP contribution in [0.1, 0.15) is 11.7 Å². The molecule has 5 heteroatoms. The van der Waals surface area contributed by atoms with Crippen LogP contribution in [0.25, 0.3) is 11.3 Å². The summed E-state index contributed by atoms with van der Waals surface area (Å²) >= 11 is 0. The number of nitrogens with zero attached hydrogens (tertiary/aromatic N) is 2. The molecule has 1 N–H and O–H groups in total. The van der Waals surface area contributed by atoms with Gasteiger partial charge in [-0.2, -0.15) is 5.10 Å². The van der Waals surface area contributed by atoms with Crippen molar-refractivity contribution >= 4 is 0 Å². The molecule has 0 aliphatic rings. The molecular formula is C18H15FN2O2. The van der Waals surface area contributed by atoms with E-state index in [0.717, 1.165) is 4.68 Å². The maximum Gasteiger partial charge on any atom is 0.266 e. The minimum Gasteiger partial charge on any atom is -0.386 e. The van der Waals surface area contributed by atoms with Crippen molar-refractivity contribution in [2.24, 2.45) is 0 Å². The molecule has 2 aromatic carbocycles. The summed E-state index contributed by atoms with van der Waals surface area (Å²) in [6, 6.07) is 18.0. The van der Waals surface area contributed by atoms with E-state index in [-0.39, 0.29) is 12.1 Å². The van der Waals surface area contributed by atoms with E-state index in [0.29, 0.717) is 16.8 Å². The average Bonchev–Trinajstić information content (AvgIpc) is 2.58. The Kier molecular flexibility index (Phi) is 4.30. The number of halogens is 1. The summed E-state index contributed by atoms with van der Waals surface area (Å²) in [4.78, 5) is 12.0. The summed E-state index contributed by atoms with van der Waals surface area (Å²) in [7, 11) is 0. The molecule has 1 atom stereocenters. The van der Waals surface area contributed by atoms with Crippen molar-refractivity contribution < 1.29 is 9.50 Å². The van der Waals surface area contributed by atoms with Gasteiger partial charge in [-0.3, -0.25) is 4.79 Å². The largest absolute Gasteiger partial charge is 0.386 e. The van der Waals surface area contributed by atoms with Gasteiger partial charge in [-0.1, -0.05) is 42.5 Å². The zero-order valence-corrected chi connectivity index (χ0v) is 12.3. The SMILES string of the molecule is O=c1ccc(-c2ccccc2F)nn1CC(O)c1ccccc1. The lowest BCUT2D eigenvalue weighted by Crippen LogP contribution is -2.25. The second kappa shape index (κ2) is 6.54. The van der Waals surface area contributed by atoms with Crippen molar-refractivity contribution in [2.45, 2.75) is 12.6 Å². The third kappa shape index (κ3) is 3.35. The molecule has 1 aromatic heterocycles. The highest BCUT2D eigenvalue weighted by Crippen LogP contribution is 2.19. The minimum absolute atomic E-state index is 0.00510. The summed E-state index contributed by atoms with van der Waals surface area (Å²) in [6.07, 6.45) is -0.864. The Bertz CT molecular complexity index is 862. The molecule has 116 valence electrons. The van der Waals surface area contributed by atoms with Crippen molar-refractivity contribution in [3.8, 4) is 11.3 Å². The van der Waals surface area contributed by atoms with Crippen molar-refractivity contribution in [3.63, 3.8) is 0 Å². The van der Waals surface area contributed by atoms with E-state index in [9.17, 15) is 14.3 Å². The van der Waals surface area contributed by atoms with Gasteiger partial charge in [0.1, 0.15) is 5.82 Å². The summed E-state index contributed by atoms with van der Waals surface area (Å²) in [5.74, 6) is -0.409. The van der Waals surface area contributed by atoms with Crippen LogP contribution in [0, 0.1) is 5.82 Å². The van der Waals surface area contributed by atoms with Crippen LogP contribution in [-0.2, 0) is 6.54 Å². The second-order valence-electron chi connectivity index (χ2n) is 5.15. The van der Waals surface area contributed by atoms with Gasteiger partial charge in [-0.25, -0.2) is 9.07 Å². The summed E-state index contributed by atoms with van der Waals surface area (Å²) < 4.78 is 15.0. The van der Waals surface area contributed by atoms with Gasteiger partial charge < -0.3 is 5.11 Å². The van der Waals surface area contributed by atoms with E-state index < -0.39 is 11.9 Å². The number of aromatic nitrogens is 2. The normalized spacial score (nSPS) is 12.1. The Morgan fingerprint density at radius 2 is 1.70 bits per heavy atom. The first-order valence-electron chi connectivity index (χ1n) is 7.21. The van der Waals surface area contributed by atoms with Crippen LogP contribution in [0.3, 0.4) is 0 Å². The highest BCUT2D eigenvalue weighted by molar-refractivity contribution is 5.58. The number of aliphatic hydroxyl groups is 1. The molecule has 23 heavy (non-hydrogen) atoms. The maximum atomic E-state index is 13.9. The fraction of sp³-hybridized carbons (Fsp3) is 0.111. The van der Waals surface area contributed by atoms with Gasteiger partial charge in [0.2, 0.25) is 0 Å². The molecule has 0 fully saturated rings. The molecule has 0 saturated carbocycles. The smallest absolute Gasteiger partial charge is 0.266 e. The lowest BCUT2D eigenvalue weighted by Gasteiger charge is -2.13. The Hall–Kier alpha value is -2.79. The molecule has 3 rings (SSSR count). The number of hydrogen-bond acceptors (Lipinski definition) is 3. The van der Waals surface area contributed by atoms with Gasteiger partial charge in [-0.15, -0.1) is 0 Å². The van der Waals surface area contributed by atoms with Gasteiger partial charge >= 0.3 is 0 Å². The van der Waals surface area contributed by atoms with Crippen LogP contribution in [0.4, 0.5) is 4.39 Å². The monoisotopic (exact) mass is 310 g/mol. The van der Waals surface area contributed by atoms with Crippen molar-refractivity contribution in [1.82, 2.24) is 9.78 Å². The first kappa shape index (κ1) is 15.1. The van der Waals surface area contributed by atoms with Crippen LogP contribution in [0.15, 0.2) is 71.5 Å². The predicted octanol–water partition coefficient (Wildman–Crippen LogP) is 2.78. The number of hydrogen-bond donors (Lipinski definition) is 1. The zero-order valence-electron chi connectivity index (χ0n) is 12.3. The van der Waals surface area contributed by atoms with Crippen molar-refractivity contribution in [3.05, 3.63) is 88.5 Å². The van der Waals surface area contributed by atoms with E-state index in [1.807, 2.05) is 18.2 Å². The van der Waals surface area contributed by atoms with Crippen molar-refractivity contribution in [1.29, 1.82) is 0 Å². The molecule has 1 unspecified atom stereocenters. The third-order valence-corrected chi connectivity index (χ3v) is 3.55. The second-order valence-corrected chi connectivity index (χ2v) is 5.15. The van der Waals surface area contributed by atoms with Crippen LogP contribution in [-0.4, -0.2) is 14.9 Å². The van der Waals surface area contributed by atoms with E-state index in [4.69, 9.17) is 0 Å². The minimum atomic E-state index is -0.864. The molecular weight excluding hydrogens is 295 g/mol. The van der Waals surface area contributed by atoms with Gasteiger partial charge in [-0.05, 0) is 23.8 Å². The number of aliphatic hydroxyl groups excluding tert-OH is 1. The first-order valence-corrected chi connectivity index (χ1v) is 7.21. The lowest BCUT2D eigenvalue weighted by molar-refractivity contribution is 0.149. The fourth-order valence-corrected chi connectivity index (χ4v) is 2.34. The standard InChI is InChI=1S/C18H15FN2O2/c19-15-9-5-4-8-14(15)16-10-11-18(23)21(20-16)12-17(22)13-6-2-1-3-7-13/h1-11,17,22H,12H2. The quantitative estimate of drug-likeness (QED) is 0.806. The average molecular weight is 310 g/mol. The van der Waals surface area contributed by atoms with Crippen molar-refractivity contribution in [2.75, 3.05) is 0 Å². The summed E-state index contributed by atoms with van der Waals surface area (Å²) in [5, 5.41) is 14.4. The molecule has 0 aliphatic carbocycles. The van der Waals surface area contributed by atoms with E-state index >= 15 is 0 Å². The lowest BCUT2D eigenvalue weighted by atomic mass is 10.1. The highest BCUT2D eigenvalue weighted by atomic mass is 19.1. The molecule has 0 saturated heterocycles. The molecule has 0 spiro atoms. The van der Waals surface area contributed by atoms with Crippen LogP contribution < -0.4 is 5.56 Å². The predicted molar refractivity (Wildman–Crippen MR) is 85.3 cm³/mol. The maximum absolute atomic E-state index is 13.9. The summed E-state index contributed by atoms with van der Waals surface area (Å²) in [6.45, 7) is 0.00510. The molecule has 0 bridgehead atoms. The van der Waals surface area contributed by atoms with Gasteiger partial charge in [0.15, 0.2) is 0 Å². The van der Waals surface area contributed by atoms with E-state index in [1.165, 1.54) is 18.2 Å². The zero-order chi connectivity index (χ0) is 16.2. The molecule has 0 radical (unpaired) electrons. The number of benzene rings is 2. The Labute approximate surface area is 132 Å². The Morgan fingerprint density at radius 1 is 1.00 bits per heavy atom. The Balaban J connectivity index is 1.93. The Morgan fingerprint density at radius 3 is 2.43 bits per heavy atom. The molecule has 0 aliphatic heterocycles. The van der Waals surface area contributed by atoms with Crippen LogP contribution in [0.2, 0.25) is 0 Å². The van der Waals surface area contributed by atoms with Gasteiger partial charge in [0.25, 0.3) is 5.56 Å². The molecule has 1 heterocycles. The number of rotatable bonds is 4. The topological polar surface area (TPSA) is 55.1 Å². The first-order chi connectivity index (χ1) is 11.1. The fourth-order valence-electron chi connectivity index (χ4n) is 2.34. The van der Waals surface area contributed by atoms with Gasteiger partial charge in [0, 0.05) is 11.6 Å². The van der Waals surface area contributed by atoms with Gasteiger partial charge in [0.05, 0.1) is 18.3 Å². The molecule has 0 amide bonds. The van der Waals surface area contributed by atoms with Crippen LogP contribution >= 0.6 is 0 Å². The van der Waals surface area contributed by atoms with E-state index in [2.05, 4.69) is 5.10 Å². The summed E-state index contributed by atoms with van der Waals surface area (Å²) in [5.41, 5.74) is 1.01. The van der Waals surface area contributed by atoms with E-state index in [1.54, 1.807) is 30.3 Å². The molecule has 3 aromatic rings. The third-order valence-electron chi connectivity index (χ3n) is 3.55. The van der Waals surface area contributed by atoms with Crippen LogP contribution in [0.5, 0.6) is 0 Å². The molecule has 4 nitrogen and oxygen atoms in total. The highest BCUT2D eigenvalue weighted by Gasteiger charge is 2.12.